The fourth-order valence-electron chi connectivity index (χ4n) is 4.03. The van der Waals surface area contributed by atoms with Gasteiger partial charge >= 0.3 is 0 Å². The van der Waals surface area contributed by atoms with Crippen LogP contribution in [0.4, 0.5) is 10.1 Å². The van der Waals surface area contributed by atoms with Crippen molar-refractivity contribution in [2.75, 3.05) is 0 Å². The Balaban J connectivity index is 1.87. The maximum atomic E-state index is 14.0. The molecule has 5 aromatic rings. The number of fused-ring (bicyclic) bond motifs is 3. The highest BCUT2D eigenvalue weighted by Gasteiger charge is 2.22. The van der Waals surface area contributed by atoms with E-state index in [1.807, 2.05) is 67.1 Å². The molecule has 4 heteroatoms. The van der Waals surface area contributed by atoms with Gasteiger partial charge in [0.1, 0.15) is 24.0 Å². The summed E-state index contributed by atoms with van der Waals surface area (Å²) in [6, 6.07) is 20.7. The van der Waals surface area contributed by atoms with Gasteiger partial charge in [-0.2, -0.15) is 0 Å². The molecule has 0 aliphatic carbocycles. The molecule has 2 heterocycles. The van der Waals surface area contributed by atoms with Crippen LogP contribution in [0.5, 0.6) is 0 Å². The Bertz CT molecular complexity index is 1480. The van der Waals surface area contributed by atoms with Crippen LogP contribution in [0.25, 0.3) is 49.2 Å². The second-order valence-electron chi connectivity index (χ2n) is 7.42. The van der Waals surface area contributed by atoms with Crippen molar-refractivity contribution in [3.05, 3.63) is 95.7 Å². The molecule has 0 saturated carbocycles. The Kier molecular flexibility index (Phi) is 4.11. The van der Waals surface area contributed by atoms with Gasteiger partial charge in [-0.05, 0) is 29.7 Å². The topological polar surface area (TPSA) is 21.4 Å². The summed E-state index contributed by atoms with van der Waals surface area (Å²) >= 11 is 0. The molecule has 0 radical (unpaired) electrons. The number of halogens is 1. The van der Waals surface area contributed by atoms with Gasteiger partial charge in [-0.3, -0.25) is 0 Å². The summed E-state index contributed by atoms with van der Waals surface area (Å²) in [5, 5.41) is 1.89. The lowest BCUT2D eigenvalue weighted by molar-refractivity contribution is -0.660. The van der Waals surface area contributed by atoms with Gasteiger partial charge in [0.15, 0.2) is 11.9 Å². The van der Waals surface area contributed by atoms with E-state index in [1.165, 1.54) is 12.1 Å². The fraction of sp³-hybridized carbons (Fsp3) is 0.0769. The first kappa shape index (κ1) is 18.1. The van der Waals surface area contributed by atoms with Crippen LogP contribution in [-0.4, -0.2) is 0 Å². The van der Waals surface area contributed by atoms with Gasteiger partial charge in [0.2, 0.25) is 5.69 Å². The second kappa shape index (κ2) is 6.82. The van der Waals surface area contributed by atoms with E-state index >= 15 is 0 Å². The smallest absolute Gasteiger partial charge is 0.219 e. The third kappa shape index (κ3) is 2.75. The van der Waals surface area contributed by atoms with E-state index in [0.717, 1.165) is 38.7 Å². The Labute approximate surface area is 173 Å². The third-order valence-electron chi connectivity index (χ3n) is 5.54. The molecule has 0 aliphatic rings. The van der Waals surface area contributed by atoms with E-state index in [1.54, 1.807) is 12.3 Å². The number of aryl methyl sites for hydroxylation is 2. The van der Waals surface area contributed by atoms with Crippen molar-refractivity contribution in [2.45, 2.75) is 6.92 Å². The van der Waals surface area contributed by atoms with E-state index in [0.29, 0.717) is 16.9 Å². The summed E-state index contributed by atoms with van der Waals surface area (Å²) in [7, 11) is 1.89. The van der Waals surface area contributed by atoms with Crippen LogP contribution in [0.15, 0.2) is 77.3 Å². The number of aromatic nitrogens is 1. The average molecular weight is 393 g/mol. The van der Waals surface area contributed by atoms with E-state index < -0.39 is 0 Å². The lowest BCUT2D eigenvalue weighted by Gasteiger charge is -2.06. The lowest BCUT2D eigenvalue weighted by Crippen LogP contribution is -2.30. The van der Waals surface area contributed by atoms with Crippen LogP contribution in [0.2, 0.25) is 0 Å². The van der Waals surface area contributed by atoms with Gasteiger partial charge in [0.05, 0.1) is 12.1 Å². The summed E-state index contributed by atoms with van der Waals surface area (Å²) in [6.45, 7) is 9.64. The highest BCUT2D eigenvalue weighted by molar-refractivity contribution is 6.12. The van der Waals surface area contributed by atoms with Crippen LogP contribution in [0.3, 0.4) is 0 Å². The summed E-state index contributed by atoms with van der Waals surface area (Å²) in [5.74, 6) is -0.294. The molecule has 0 N–H and O–H groups in total. The van der Waals surface area contributed by atoms with Gasteiger partial charge in [-0.1, -0.05) is 48.5 Å². The number of pyridine rings is 1. The molecule has 2 aromatic heterocycles. The molecule has 0 bridgehead atoms. The largest absolute Gasteiger partial charge is 0.456 e. The molecule has 0 amide bonds. The fourth-order valence-corrected chi connectivity index (χ4v) is 4.03. The average Bonchev–Trinajstić information content (AvgIpc) is 3.12. The molecule has 144 valence electrons. The van der Waals surface area contributed by atoms with Crippen LogP contribution >= 0.6 is 0 Å². The summed E-state index contributed by atoms with van der Waals surface area (Å²) < 4.78 is 22.2. The van der Waals surface area contributed by atoms with Crippen molar-refractivity contribution in [3.8, 4) is 22.4 Å². The standard InChI is InChI=1S/C26H18FN2O/c1-16-9-10-19-21-14-20(17-7-5-4-6-8-17)22(28-2)15-24(21)30-26(19)25(16)23-13-18(27)11-12-29(23)3/h4-15H,1,3H3/q+1. The zero-order chi connectivity index (χ0) is 20.8. The van der Waals surface area contributed by atoms with Crippen molar-refractivity contribution < 1.29 is 13.4 Å². The molecular formula is C26H18FN2O+. The first-order valence-electron chi connectivity index (χ1n) is 9.65. The maximum absolute atomic E-state index is 14.0. The van der Waals surface area contributed by atoms with Crippen molar-refractivity contribution in [1.82, 2.24) is 0 Å². The lowest BCUT2D eigenvalue weighted by atomic mass is 9.98. The maximum Gasteiger partial charge on any atom is 0.219 e. The molecule has 5 rings (SSSR count). The van der Waals surface area contributed by atoms with E-state index in [9.17, 15) is 4.39 Å². The molecule has 0 saturated heterocycles. The molecule has 0 atom stereocenters. The van der Waals surface area contributed by atoms with E-state index in [2.05, 4.69) is 4.85 Å². The number of hydrogen-bond donors (Lipinski definition) is 0. The number of benzene rings is 3. The van der Waals surface area contributed by atoms with Crippen molar-refractivity contribution in [1.29, 1.82) is 0 Å². The number of rotatable bonds is 2. The Morgan fingerprint density at radius 2 is 1.77 bits per heavy atom. The number of furan rings is 1. The van der Waals surface area contributed by atoms with Crippen molar-refractivity contribution >= 4 is 27.6 Å². The monoisotopic (exact) mass is 393 g/mol. The molecule has 30 heavy (non-hydrogen) atoms. The molecule has 0 aliphatic heterocycles. The van der Waals surface area contributed by atoms with Gasteiger partial charge in [-0.25, -0.2) is 13.8 Å². The minimum Gasteiger partial charge on any atom is -0.456 e. The van der Waals surface area contributed by atoms with Gasteiger partial charge in [0.25, 0.3) is 0 Å². The van der Waals surface area contributed by atoms with Gasteiger partial charge in [-0.15, -0.1) is 0 Å². The van der Waals surface area contributed by atoms with E-state index in [-0.39, 0.29) is 5.82 Å². The highest BCUT2D eigenvalue weighted by Crippen LogP contribution is 2.41. The predicted molar refractivity (Wildman–Crippen MR) is 117 cm³/mol. The quantitative estimate of drug-likeness (QED) is 0.240. The molecule has 0 spiro atoms. The Morgan fingerprint density at radius 1 is 0.967 bits per heavy atom. The first-order chi connectivity index (χ1) is 14.6. The molecule has 0 unspecified atom stereocenters. The highest BCUT2D eigenvalue weighted by atomic mass is 19.1. The molecule has 0 fully saturated rings. The van der Waals surface area contributed by atoms with Gasteiger partial charge in [0, 0.05) is 22.9 Å². The molecular weight excluding hydrogens is 375 g/mol. The third-order valence-corrected chi connectivity index (χ3v) is 5.54. The van der Waals surface area contributed by atoms with Crippen LogP contribution in [0.1, 0.15) is 5.56 Å². The minimum atomic E-state index is -0.294. The predicted octanol–water partition coefficient (Wildman–Crippen LogP) is 6.74. The van der Waals surface area contributed by atoms with Crippen molar-refractivity contribution in [2.24, 2.45) is 7.05 Å². The Hall–Kier alpha value is -3.97. The SMILES string of the molecule is [C-]#[N+]c1cc2oc3c(-c4cc(F)cc[n+]4C)c(C)ccc3c2cc1-c1ccccc1. The zero-order valence-corrected chi connectivity index (χ0v) is 16.6. The Morgan fingerprint density at radius 3 is 2.53 bits per heavy atom. The zero-order valence-electron chi connectivity index (χ0n) is 16.6. The van der Waals surface area contributed by atoms with Crippen LogP contribution < -0.4 is 4.57 Å². The summed E-state index contributed by atoms with van der Waals surface area (Å²) in [6.07, 6.45) is 1.70. The minimum absolute atomic E-state index is 0.294. The number of nitrogens with zero attached hydrogens (tertiary/aromatic N) is 2. The molecule has 3 nitrogen and oxygen atoms in total. The van der Waals surface area contributed by atoms with Gasteiger partial charge < -0.3 is 4.42 Å². The second-order valence-corrected chi connectivity index (χ2v) is 7.42. The number of hydrogen-bond acceptors (Lipinski definition) is 1. The summed E-state index contributed by atoms with van der Waals surface area (Å²) in [4.78, 5) is 3.73. The molecule has 3 aromatic carbocycles. The van der Waals surface area contributed by atoms with E-state index in [4.69, 9.17) is 11.0 Å². The normalized spacial score (nSPS) is 11.1. The van der Waals surface area contributed by atoms with Crippen LogP contribution in [0, 0.1) is 19.3 Å². The van der Waals surface area contributed by atoms with Crippen molar-refractivity contribution in [3.63, 3.8) is 0 Å². The van der Waals surface area contributed by atoms with Crippen LogP contribution in [-0.2, 0) is 7.05 Å². The first-order valence-corrected chi connectivity index (χ1v) is 9.65. The summed E-state index contributed by atoms with van der Waals surface area (Å²) in [5.41, 5.74) is 6.36.